The van der Waals surface area contributed by atoms with Gasteiger partial charge in [-0.1, -0.05) is 0 Å². The Kier molecular flexibility index (Phi) is 6.12. The zero-order valence-electron chi connectivity index (χ0n) is 10.6. The first-order chi connectivity index (χ1) is 8.71. The van der Waals surface area contributed by atoms with E-state index in [1.54, 1.807) is 20.3 Å². The lowest BCUT2D eigenvalue weighted by atomic mass is 10.2. The molecule has 0 aliphatic carbocycles. The molecule has 0 aliphatic heterocycles. The molecule has 0 saturated heterocycles. The number of hydrogen-bond acceptors (Lipinski definition) is 4. The zero-order valence-corrected chi connectivity index (χ0v) is 10.6. The van der Waals surface area contributed by atoms with Gasteiger partial charge in [0.05, 0.1) is 24.8 Å². The molecule has 0 unspecified atom stereocenters. The molecule has 0 aliphatic rings. The highest BCUT2D eigenvalue weighted by Gasteiger charge is 2.09. The van der Waals surface area contributed by atoms with Crippen molar-refractivity contribution in [2.75, 3.05) is 45.4 Å². The second-order valence-corrected chi connectivity index (χ2v) is 3.78. The van der Waals surface area contributed by atoms with Crippen LogP contribution in [0.3, 0.4) is 0 Å². The highest BCUT2D eigenvalue weighted by Crippen LogP contribution is 2.18. The maximum Gasteiger partial charge on any atom is 0.126 e. The molecule has 4 nitrogen and oxygen atoms in total. The van der Waals surface area contributed by atoms with E-state index >= 15 is 0 Å². The second kappa shape index (κ2) is 7.64. The molecule has 1 aromatic rings. The maximum absolute atomic E-state index is 13.4. The van der Waals surface area contributed by atoms with Gasteiger partial charge >= 0.3 is 0 Å². The third-order valence-electron chi connectivity index (χ3n) is 2.51. The largest absolute Gasteiger partial charge is 0.383 e. The van der Waals surface area contributed by atoms with E-state index in [0.29, 0.717) is 37.6 Å². The van der Waals surface area contributed by atoms with Crippen LogP contribution in [0, 0.1) is 17.1 Å². The molecule has 1 rings (SSSR count). The molecule has 0 radical (unpaired) electrons. The first-order valence-corrected chi connectivity index (χ1v) is 5.64. The van der Waals surface area contributed by atoms with Crippen molar-refractivity contribution < 1.29 is 13.9 Å². The molecular formula is C13H17FN2O2. The van der Waals surface area contributed by atoms with Crippen LogP contribution in [0.1, 0.15) is 5.56 Å². The molecular weight excluding hydrogens is 235 g/mol. The zero-order chi connectivity index (χ0) is 13.4. The van der Waals surface area contributed by atoms with Crippen molar-refractivity contribution in [2.24, 2.45) is 0 Å². The van der Waals surface area contributed by atoms with Gasteiger partial charge in [0.2, 0.25) is 0 Å². The van der Waals surface area contributed by atoms with Gasteiger partial charge < -0.3 is 14.4 Å². The van der Waals surface area contributed by atoms with Crippen molar-refractivity contribution in [1.82, 2.24) is 0 Å². The van der Waals surface area contributed by atoms with E-state index in [9.17, 15) is 4.39 Å². The van der Waals surface area contributed by atoms with Gasteiger partial charge in [-0.3, -0.25) is 0 Å². The second-order valence-electron chi connectivity index (χ2n) is 3.78. The molecule has 0 aromatic heterocycles. The normalized spacial score (nSPS) is 10.1. The van der Waals surface area contributed by atoms with Crippen LogP contribution in [-0.2, 0) is 9.47 Å². The Morgan fingerprint density at radius 3 is 2.28 bits per heavy atom. The van der Waals surface area contributed by atoms with Crippen molar-refractivity contribution >= 4 is 5.69 Å². The molecule has 0 fully saturated rings. The van der Waals surface area contributed by atoms with E-state index in [2.05, 4.69) is 0 Å². The smallest absolute Gasteiger partial charge is 0.126 e. The van der Waals surface area contributed by atoms with Crippen LogP contribution < -0.4 is 4.90 Å². The van der Waals surface area contributed by atoms with E-state index in [-0.39, 0.29) is 0 Å². The van der Waals surface area contributed by atoms with Crippen LogP contribution in [0.25, 0.3) is 0 Å². The fraction of sp³-hybridized carbons (Fsp3) is 0.462. The number of ether oxygens (including phenoxy) is 2. The van der Waals surface area contributed by atoms with Crippen molar-refractivity contribution in [3.8, 4) is 6.07 Å². The number of nitriles is 1. The first kappa shape index (κ1) is 14.4. The van der Waals surface area contributed by atoms with Gasteiger partial charge in [0.15, 0.2) is 0 Å². The van der Waals surface area contributed by atoms with Gasteiger partial charge in [-0.25, -0.2) is 4.39 Å². The Labute approximate surface area is 107 Å². The molecule has 0 heterocycles. The average molecular weight is 252 g/mol. The summed E-state index contributed by atoms with van der Waals surface area (Å²) in [6, 6.07) is 6.23. The van der Waals surface area contributed by atoms with Crippen LogP contribution in [0.2, 0.25) is 0 Å². The predicted octanol–water partition coefficient (Wildman–Crippen LogP) is 1.80. The maximum atomic E-state index is 13.4. The summed E-state index contributed by atoms with van der Waals surface area (Å²) >= 11 is 0. The topological polar surface area (TPSA) is 45.5 Å². The third-order valence-corrected chi connectivity index (χ3v) is 2.51. The standard InChI is InChI=1S/C13H17FN2O2/c1-17-5-3-16(4-6-18-2)13-8-11(10-15)7-12(14)9-13/h7-9H,3-6H2,1-2H3. The number of hydrogen-bond donors (Lipinski definition) is 0. The molecule has 0 atom stereocenters. The summed E-state index contributed by atoms with van der Waals surface area (Å²) in [5.74, 6) is -0.413. The summed E-state index contributed by atoms with van der Waals surface area (Å²) in [5.41, 5.74) is 0.977. The SMILES string of the molecule is COCCN(CCOC)c1cc(F)cc(C#N)c1. The minimum atomic E-state index is -0.413. The number of nitrogens with zero attached hydrogens (tertiary/aromatic N) is 2. The summed E-state index contributed by atoms with van der Waals surface area (Å²) < 4.78 is 23.4. The number of halogens is 1. The lowest BCUT2D eigenvalue weighted by Crippen LogP contribution is -2.30. The Morgan fingerprint density at radius 1 is 1.17 bits per heavy atom. The molecule has 1 aromatic carbocycles. The van der Waals surface area contributed by atoms with E-state index in [1.165, 1.54) is 12.1 Å². The lowest BCUT2D eigenvalue weighted by Gasteiger charge is -2.24. The highest BCUT2D eigenvalue weighted by atomic mass is 19.1. The molecule has 5 heteroatoms. The summed E-state index contributed by atoms with van der Waals surface area (Å²) in [7, 11) is 3.22. The third kappa shape index (κ3) is 4.32. The molecule has 18 heavy (non-hydrogen) atoms. The van der Waals surface area contributed by atoms with Gasteiger partial charge in [0.25, 0.3) is 0 Å². The molecule has 0 saturated carbocycles. The minimum absolute atomic E-state index is 0.310. The minimum Gasteiger partial charge on any atom is -0.383 e. The van der Waals surface area contributed by atoms with Crippen LogP contribution in [-0.4, -0.2) is 40.5 Å². The molecule has 0 bridgehead atoms. The van der Waals surface area contributed by atoms with Crippen molar-refractivity contribution in [3.05, 3.63) is 29.6 Å². The predicted molar refractivity (Wildman–Crippen MR) is 67.1 cm³/mol. The van der Waals surface area contributed by atoms with E-state index in [0.717, 1.165) is 0 Å². The Hall–Kier alpha value is -1.64. The van der Waals surface area contributed by atoms with Crippen LogP contribution in [0.15, 0.2) is 18.2 Å². The van der Waals surface area contributed by atoms with Crippen LogP contribution in [0.4, 0.5) is 10.1 Å². The Morgan fingerprint density at radius 2 is 1.78 bits per heavy atom. The Balaban J connectivity index is 2.89. The fourth-order valence-corrected chi connectivity index (χ4v) is 1.59. The summed E-state index contributed by atoms with van der Waals surface area (Å²) in [6.07, 6.45) is 0. The number of benzene rings is 1. The van der Waals surface area contributed by atoms with Gasteiger partial charge in [0, 0.05) is 33.0 Å². The lowest BCUT2D eigenvalue weighted by molar-refractivity contribution is 0.190. The number of anilines is 1. The van der Waals surface area contributed by atoms with Gasteiger partial charge in [-0.05, 0) is 18.2 Å². The molecule has 0 N–H and O–H groups in total. The van der Waals surface area contributed by atoms with Gasteiger partial charge in [-0.15, -0.1) is 0 Å². The van der Waals surface area contributed by atoms with E-state index in [4.69, 9.17) is 14.7 Å². The van der Waals surface area contributed by atoms with Crippen molar-refractivity contribution in [2.45, 2.75) is 0 Å². The molecule has 0 amide bonds. The Bertz CT molecular complexity index is 410. The summed E-state index contributed by atoms with van der Waals surface area (Å²) in [5, 5.41) is 8.84. The number of methoxy groups -OCH3 is 2. The number of rotatable bonds is 7. The first-order valence-electron chi connectivity index (χ1n) is 5.64. The van der Waals surface area contributed by atoms with E-state index < -0.39 is 5.82 Å². The monoisotopic (exact) mass is 252 g/mol. The summed E-state index contributed by atoms with van der Waals surface area (Å²) in [6.45, 7) is 2.30. The van der Waals surface area contributed by atoms with Gasteiger partial charge in [0.1, 0.15) is 5.82 Å². The highest BCUT2D eigenvalue weighted by molar-refractivity contribution is 5.52. The van der Waals surface area contributed by atoms with Gasteiger partial charge in [-0.2, -0.15) is 5.26 Å². The van der Waals surface area contributed by atoms with Crippen molar-refractivity contribution in [1.29, 1.82) is 5.26 Å². The fourth-order valence-electron chi connectivity index (χ4n) is 1.59. The van der Waals surface area contributed by atoms with Crippen LogP contribution >= 0.6 is 0 Å². The van der Waals surface area contributed by atoms with E-state index in [1.807, 2.05) is 11.0 Å². The van der Waals surface area contributed by atoms with Crippen LogP contribution in [0.5, 0.6) is 0 Å². The average Bonchev–Trinajstić information content (AvgIpc) is 2.38. The molecule has 0 spiro atoms. The summed E-state index contributed by atoms with van der Waals surface area (Å²) in [4.78, 5) is 1.93. The molecule has 98 valence electrons. The quantitative estimate of drug-likeness (QED) is 0.742. The van der Waals surface area contributed by atoms with Crippen molar-refractivity contribution in [3.63, 3.8) is 0 Å².